The molecule has 0 radical (unpaired) electrons. The number of carbonyl (C=O) groups is 2. The van der Waals surface area contributed by atoms with Crippen LogP contribution in [-0.2, 0) is 9.59 Å². The van der Waals surface area contributed by atoms with E-state index in [0.29, 0.717) is 18.4 Å². The summed E-state index contributed by atoms with van der Waals surface area (Å²) >= 11 is 0. The molecule has 4 nitrogen and oxygen atoms in total. The van der Waals surface area contributed by atoms with E-state index in [9.17, 15) is 14.7 Å². The standard InChI is InChI=1S/C16H25NO3/c18-15(12-6-2-3-7-13(12)16(19)20)17-10-9-11-5-1-4-8-14(11)17/h11-14H,1-10H2,(H,19,20)/t11?,12-,13+,14?/m1/s1. The third-order valence-corrected chi connectivity index (χ3v) is 5.69. The first-order valence-electron chi connectivity index (χ1n) is 8.22. The third kappa shape index (κ3) is 2.45. The van der Waals surface area contributed by atoms with Gasteiger partial charge in [0, 0.05) is 12.6 Å². The second-order valence-electron chi connectivity index (χ2n) is 6.77. The van der Waals surface area contributed by atoms with Crippen molar-refractivity contribution in [2.75, 3.05) is 6.54 Å². The predicted octanol–water partition coefficient (Wildman–Crippen LogP) is 2.67. The van der Waals surface area contributed by atoms with Gasteiger partial charge in [-0.25, -0.2) is 0 Å². The molecule has 1 saturated heterocycles. The van der Waals surface area contributed by atoms with Gasteiger partial charge in [0.25, 0.3) is 0 Å². The smallest absolute Gasteiger partial charge is 0.307 e. The fourth-order valence-corrected chi connectivity index (χ4v) is 4.61. The van der Waals surface area contributed by atoms with Crippen molar-refractivity contribution in [3.8, 4) is 0 Å². The van der Waals surface area contributed by atoms with Gasteiger partial charge in [-0.3, -0.25) is 9.59 Å². The van der Waals surface area contributed by atoms with Gasteiger partial charge < -0.3 is 10.0 Å². The summed E-state index contributed by atoms with van der Waals surface area (Å²) in [4.78, 5) is 26.3. The zero-order valence-electron chi connectivity index (χ0n) is 12.1. The Balaban J connectivity index is 1.72. The summed E-state index contributed by atoms with van der Waals surface area (Å²) in [5, 5.41) is 9.36. The van der Waals surface area contributed by atoms with Crippen LogP contribution >= 0.6 is 0 Å². The summed E-state index contributed by atoms with van der Waals surface area (Å²) in [7, 11) is 0. The average Bonchev–Trinajstić information content (AvgIpc) is 2.90. The van der Waals surface area contributed by atoms with Crippen molar-refractivity contribution in [1.29, 1.82) is 0 Å². The molecular weight excluding hydrogens is 254 g/mol. The summed E-state index contributed by atoms with van der Waals surface area (Å²) in [6.45, 7) is 0.858. The van der Waals surface area contributed by atoms with Crippen molar-refractivity contribution >= 4 is 11.9 Å². The van der Waals surface area contributed by atoms with Crippen molar-refractivity contribution in [3.63, 3.8) is 0 Å². The minimum atomic E-state index is -0.776. The Hall–Kier alpha value is -1.06. The fourth-order valence-electron chi connectivity index (χ4n) is 4.61. The van der Waals surface area contributed by atoms with Crippen LogP contribution < -0.4 is 0 Å². The topological polar surface area (TPSA) is 57.6 Å². The van der Waals surface area contributed by atoms with Crippen LogP contribution in [0.15, 0.2) is 0 Å². The summed E-state index contributed by atoms with van der Waals surface area (Å²) in [6.07, 6.45) is 9.41. The average molecular weight is 279 g/mol. The lowest BCUT2D eigenvalue weighted by molar-refractivity contribution is -0.153. The lowest BCUT2D eigenvalue weighted by Gasteiger charge is -2.36. The molecule has 0 aromatic rings. The molecule has 1 aliphatic heterocycles. The molecule has 3 fully saturated rings. The van der Waals surface area contributed by atoms with Gasteiger partial charge in [0.1, 0.15) is 0 Å². The quantitative estimate of drug-likeness (QED) is 0.845. The number of carboxylic acid groups (broad SMARTS) is 1. The van der Waals surface area contributed by atoms with Gasteiger partial charge in [-0.05, 0) is 38.0 Å². The molecule has 3 rings (SSSR count). The van der Waals surface area contributed by atoms with Crippen LogP contribution in [0.25, 0.3) is 0 Å². The SMILES string of the molecule is O=C(O)[C@H]1CCCC[C@H]1C(=O)N1CCC2CCCCC21. The van der Waals surface area contributed by atoms with E-state index in [1.165, 1.54) is 19.3 Å². The number of nitrogens with zero attached hydrogens (tertiary/aromatic N) is 1. The minimum absolute atomic E-state index is 0.145. The summed E-state index contributed by atoms with van der Waals surface area (Å²) in [6, 6.07) is 0.410. The normalized spacial score (nSPS) is 37.5. The van der Waals surface area contributed by atoms with E-state index in [1.54, 1.807) is 0 Å². The highest BCUT2D eigenvalue weighted by Crippen LogP contribution is 2.39. The molecular formula is C16H25NO3. The first-order valence-corrected chi connectivity index (χ1v) is 8.22. The highest BCUT2D eigenvalue weighted by molar-refractivity contribution is 5.85. The second kappa shape index (κ2) is 5.74. The molecule has 0 aromatic heterocycles. The van der Waals surface area contributed by atoms with Gasteiger partial charge >= 0.3 is 5.97 Å². The molecule has 0 bridgehead atoms. The molecule has 1 amide bonds. The Kier molecular flexibility index (Phi) is 3.99. The van der Waals surface area contributed by atoms with Crippen LogP contribution in [0.1, 0.15) is 57.8 Å². The zero-order chi connectivity index (χ0) is 14.1. The number of hydrogen-bond donors (Lipinski definition) is 1. The van der Waals surface area contributed by atoms with Crippen LogP contribution in [0.5, 0.6) is 0 Å². The minimum Gasteiger partial charge on any atom is -0.481 e. The van der Waals surface area contributed by atoms with Gasteiger partial charge in [-0.1, -0.05) is 25.7 Å². The first kappa shape index (κ1) is 13.9. The number of rotatable bonds is 2. The maximum atomic E-state index is 12.8. The highest BCUT2D eigenvalue weighted by atomic mass is 16.4. The highest BCUT2D eigenvalue weighted by Gasteiger charge is 2.44. The van der Waals surface area contributed by atoms with Crippen LogP contribution in [0, 0.1) is 17.8 Å². The predicted molar refractivity (Wildman–Crippen MR) is 75.2 cm³/mol. The Morgan fingerprint density at radius 3 is 2.25 bits per heavy atom. The Morgan fingerprint density at radius 1 is 0.850 bits per heavy atom. The fraction of sp³-hybridized carbons (Fsp3) is 0.875. The Labute approximate surface area is 120 Å². The van der Waals surface area contributed by atoms with Crippen LogP contribution in [0.3, 0.4) is 0 Å². The number of hydrogen-bond acceptors (Lipinski definition) is 2. The zero-order valence-corrected chi connectivity index (χ0v) is 12.1. The molecule has 3 aliphatic rings. The maximum Gasteiger partial charge on any atom is 0.307 e. The molecule has 2 unspecified atom stereocenters. The number of amides is 1. The molecule has 4 atom stereocenters. The molecule has 0 spiro atoms. The molecule has 2 saturated carbocycles. The van der Waals surface area contributed by atoms with Gasteiger partial charge in [0.05, 0.1) is 11.8 Å². The van der Waals surface area contributed by atoms with Crippen LogP contribution in [0.4, 0.5) is 0 Å². The van der Waals surface area contributed by atoms with E-state index < -0.39 is 11.9 Å². The maximum absolute atomic E-state index is 12.8. The molecule has 1 N–H and O–H groups in total. The molecule has 0 aromatic carbocycles. The van der Waals surface area contributed by atoms with Crippen molar-refractivity contribution in [2.24, 2.45) is 17.8 Å². The number of likely N-dealkylation sites (tertiary alicyclic amines) is 1. The number of carbonyl (C=O) groups excluding carboxylic acids is 1. The van der Waals surface area contributed by atoms with E-state index in [2.05, 4.69) is 4.90 Å². The molecule has 1 heterocycles. The monoisotopic (exact) mass is 279 g/mol. The second-order valence-corrected chi connectivity index (χ2v) is 6.77. The molecule has 112 valence electrons. The molecule has 4 heteroatoms. The first-order chi connectivity index (χ1) is 9.68. The van der Waals surface area contributed by atoms with Crippen molar-refractivity contribution in [2.45, 2.75) is 63.8 Å². The van der Waals surface area contributed by atoms with Gasteiger partial charge in [-0.2, -0.15) is 0 Å². The molecule has 2 aliphatic carbocycles. The summed E-state index contributed by atoms with van der Waals surface area (Å²) in [5.74, 6) is -0.658. The van der Waals surface area contributed by atoms with E-state index in [4.69, 9.17) is 0 Å². The van der Waals surface area contributed by atoms with Gasteiger partial charge in [0.15, 0.2) is 0 Å². The summed E-state index contributed by atoms with van der Waals surface area (Å²) in [5.41, 5.74) is 0. The molecule has 20 heavy (non-hydrogen) atoms. The van der Waals surface area contributed by atoms with E-state index in [-0.39, 0.29) is 11.8 Å². The number of carboxylic acids is 1. The van der Waals surface area contributed by atoms with Crippen molar-refractivity contribution in [1.82, 2.24) is 4.90 Å². The Morgan fingerprint density at radius 2 is 1.50 bits per heavy atom. The van der Waals surface area contributed by atoms with E-state index >= 15 is 0 Å². The van der Waals surface area contributed by atoms with Crippen LogP contribution in [-0.4, -0.2) is 34.5 Å². The van der Waals surface area contributed by atoms with Crippen LogP contribution in [0.2, 0.25) is 0 Å². The number of aliphatic carboxylic acids is 1. The lowest BCUT2D eigenvalue weighted by Crippen LogP contribution is -2.46. The largest absolute Gasteiger partial charge is 0.481 e. The summed E-state index contributed by atoms with van der Waals surface area (Å²) < 4.78 is 0. The van der Waals surface area contributed by atoms with Crippen molar-refractivity contribution < 1.29 is 14.7 Å². The van der Waals surface area contributed by atoms with Gasteiger partial charge in [-0.15, -0.1) is 0 Å². The van der Waals surface area contributed by atoms with E-state index in [1.807, 2.05) is 0 Å². The Bertz CT molecular complexity index is 395. The number of fused-ring (bicyclic) bond motifs is 1. The van der Waals surface area contributed by atoms with Gasteiger partial charge in [0.2, 0.25) is 5.91 Å². The lowest BCUT2D eigenvalue weighted by atomic mass is 9.78. The third-order valence-electron chi connectivity index (χ3n) is 5.69. The van der Waals surface area contributed by atoms with Crippen molar-refractivity contribution in [3.05, 3.63) is 0 Å². The van der Waals surface area contributed by atoms with E-state index in [0.717, 1.165) is 38.6 Å².